The topological polar surface area (TPSA) is 75.6 Å². The van der Waals surface area contributed by atoms with Gasteiger partial charge in [-0.25, -0.2) is 4.79 Å². The van der Waals surface area contributed by atoms with Gasteiger partial charge in [0, 0.05) is 12.6 Å². The van der Waals surface area contributed by atoms with E-state index in [4.69, 9.17) is 9.84 Å². The summed E-state index contributed by atoms with van der Waals surface area (Å²) in [6, 6.07) is 6.49. The number of carbonyl (C=O) groups is 2. The van der Waals surface area contributed by atoms with E-state index in [1.54, 1.807) is 24.3 Å². The lowest BCUT2D eigenvalue weighted by molar-refractivity contribution is -0.144. The Hall–Kier alpha value is -2.04. The Morgan fingerprint density at radius 3 is 2.31 bits per heavy atom. The highest BCUT2D eigenvalue weighted by atomic mass is 16.5. The van der Waals surface area contributed by atoms with Crippen molar-refractivity contribution < 1.29 is 19.4 Å². The molecule has 0 bridgehead atoms. The Balaban J connectivity index is 2.64. The van der Waals surface area contributed by atoms with Crippen LogP contribution in [0.25, 0.3) is 0 Å². The van der Waals surface area contributed by atoms with Gasteiger partial charge in [-0.1, -0.05) is 0 Å². The van der Waals surface area contributed by atoms with Crippen molar-refractivity contribution in [3.8, 4) is 5.75 Å². The lowest BCUT2D eigenvalue weighted by Crippen LogP contribution is -2.22. The number of ether oxygens (including phenoxy) is 1. The van der Waals surface area contributed by atoms with Crippen molar-refractivity contribution in [2.24, 2.45) is 0 Å². The summed E-state index contributed by atoms with van der Waals surface area (Å²) in [4.78, 5) is 21.3. The predicted molar refractivity (Wildman–Crippen MR) is 58.5 cm³/mol. The third kappa shape index (κ3) is 3.61. The van der Waals surface area contributed by atoms with Crippen molar-refractivity contribution in [2.45, 2.75) is 20.0 Å². The number of anilines is 1. The van der Waals surface area contributed by atoms with Crippen molar-refractivity contribution in [3.63, 3.8) is 0 Å². The number of hydrogen-bond acceptors (Lipinski definition) is 3. The smallest absolute Gasteiger partial charge is 0.344 e. The molecule has 16 heavy (non-hydrogen) atoms. The largest absolute Gasteiger partial charge is 0.479 e. The molecule has 1 atom stereocenters. The summed E-state index contributed by atoms with van der Waals surface area (Å²) >= 11 is 0. The van der Waals surface area contributed by atoms with Gasteiger partial charge in [-0.3, -0.25) is 4.79 Å². The molecule has 1 aromatic rings. The van der Waals surface area contributed by atoms with E-state index >= 15 is 0 Å². The lowest BCUT2D eigenvalue weighted by Gasteiger charge is -2.10. The normalized spacial score (nSPS) is 11.6. The van der Waals surface area contributed by atoms with Gasteiger partial charge in [0.25, 0.3) is 0 Å². The molecule has 0 aliphatic carbocycles. The first kappa shape index (κ1) is 12.0. The average molecular weight is 223 g/mol. The Kier molecular flexibility index (Phi) is 3.88. The minimum absolute atomic E-state index is 0.160. The number of aliphatic carboxylic acids is 1. The maximum atomic E-state index is 10.7. The molecule has 1 aromatic carbocycles. The van der Waals surface area contributed by atoms with Gasteiger partial charge >= 0.3 is 5.97 Å². The Morgan fingerprint density at radius 2 is 1.88 bits per heavy atom. The number of carboxylic acids is 1. The second-order valence-electron chi connectivity index (χ2n) is 3.30. The molecular weight excluding hydrogens is 210 g/mol. The molecule has 0 spiro atoms. The minimum Gasteiger partial charge on any atom is -0.479 e. The molecule has 0 aromatic heterocycles. The molecule has 0 fully saturated rings. The molecule has 5 heteroatoms. The molecule has 0 saturated heterocycles. The zero-order chi connectivity index (χ0) is 12.1. The molecule has 0 aliphatic heterocycles. The number of amides is 1. The third-order valence-corrected chi connectivity index (χ3v) is 1.84. The molecular formula is C11H13NO4. The van der Waals surface area contributed by atoms with Crippen LogP contribution in [0.1, 0.15) is 13.8 Å². The summed E-state index contributed by atoms with van der Waals surface area (Å²) in [7, 11) is 0. The van der Waals surface area contributed by atoms with Crippen molar-refractivity contribution in [1.82, 2.24) is 0 Å². The summed E-state index contributed by atoms with van der Waals surface area (Å²) in [6.07, 6.45) is -0.897. The molecule has 0 aliphatic rings. The fraction of sp³-hybridized carbons (Fsp3) is 0.273. The molecule has 1 amide bonds. The van der Waals surface area contributed by atoms with Gasteiger partial charge in [0.2, 0.25) is 5.91 Å². The van der Waals surface area contributed by atoms with Gasteiger partial charge in [-0.05, 0) is 31.2 Å². The van der Waals surface area contributed by atoms with Gasteiger partial charge in [0.15, 0.2) is 6.10 Å². The molecule has 0 saturated carbocycles. The van der Waals surface area contributed by atoms with Crippen LogP contribution in [-0.4, -0.2) is 23.1 Å². The second-order valence-corrected chi connectivity index (χ2v) is 3.30. The van der Waals surface area contributed by atoms with E-state index in [9.17, 15) is 9.59 Å². The van der Waals surface area contributed by atoms with Crippen molar-refractivity contribution in [1.29, 1.82) is 0 Å². The number of carboxylic acid groups (broad SMARTS) is 1. The standard InChI is InChI=1S/C11H13NO4/c1-7(11(14)15)16-10-5-3-9(4-6-10)12-8(2)13/h3-7H,1-2H3,(H,12,13)(H,14,15). The SMILES string of the molecule is CC(=O)Nc1ccc(OC(C)C(=O)O)cc1. The third-order valence-electron chi connectivity index (χ3n) is 1.84. The first-order valence-corrected chi connectivity index (χ1v) is 4.76. The van der Waals surface area contributed by atoms with Gasteiger partial charge in [-0.15, -0.1) is 0 Å². The second kappa shape index (κ2) is 5.16. The van der Waals surface area contributed by atoms with E-state index in [1.165, 1.54) is 13.8 Å². The van der Waals surface area contributed by atoms with Crippen molar-refractivity contribution in [3.05, 3.63) is 24.3 Å². The van der Waals surface area contributed by atoms with E-state index in [0.717, 1.165) is 0 Å². The molecule has 0 radical (unpaired) electrons. The van der Waals surface area contributed by atoms with Crippen molar-refractivity contribution in [2.75, 3.05) is 5.32 Å². The van der Waals surface area contributed by atoms with Crippen LogP contribution in [0.2, 0.25) is 0 Å². The molecule has 0 heterocycles. The number of hydrogen-bond donors (Lipinski definition) is 2. The highest BCUT2D eigenvalue weighted by Crippen LogP contribution is 2.16. The highest BCUT2D eigenvalue weighted by Gasteiger charge is 2.11. The van der Waals surface area contributed by atoms with Gasteiger partial charge in [0.1, 0.15) is 5.75 Å². The van der Waals surface area contributed by atoms with Gasteiger partial charge < -0.3 is 15.2 Å². The maximum absolute atomic E-state index is 10.7. The molecule has 5 nitrogen and oxygen atoms in total. The quantitative estimate of drug-likeness (QED) is 0.811. The molecule has 86 valence electrons. The fourth-order valence-corrected chi connectivity index (χ4v) is 1.07. The zero-order valence-electron chi connectivity index (χ0n) is 9.06. The predicted octanol–water partition coefficient (Wildman–Crippen LogP) is 1.50. The molecule has 1 unspecified atom stereocenters. The molecule has 2 N–H and O–H groups in total. The number of benzene rings is 1. The lowest BCUT2D eigenvalue weighted by atomic mass is 10.3. The first-order chi connectivity index (χ1) is 7.49. The van der Waals surface area contributed by atoms with Crippen LogP contribution in [0.5, 0.6) is 5.75 Å². The maximum Gasteiger partial charge on any atom is 0.344 e. The summed E-state index contributed by atoms with van der Waals surface area (Å²) in [5.41, 5.74) is 0.642. The van der Waals surface area contributed by atoms with E-state index in [1.807, 2.05) is 0 Å². The number of rotatable bonds is 4. The molecule has 1 rings (SSSR count). The Morgan fingerprint density at radius 1 is 1.31 bits per heavy atom. The van der Waals surface area contributed by atoms with Crippen LogP contribution in [0.4, 0.5) is 5.69 Å². The van der Waals surface area contributed by atoms with E-state index < -0.39 is 12.1 Å². The highest BCUT2D eigenvalue weighted by molar-refractivity contribution is 5.88. The van der Waals surface area contributed by atoms with Gasteiger partial charge in [-0.2, -0.15) is 0 Å². The zero-order valence-corrected chi connectivity index (χ0v) is 9.06. The summed E-state index contributed by atoms with van der Waals surface area (Å²) in [5, 5.41) is 11.2. The monoisotopic (exact) mass is 223 g/mol. The van der Waals surface area contributed by atoms with Crippen molar-refractivity contribution >= 4 is 17.6 Å². The van der Waals surface area contributed by atoms with E-state index in [-0.39, 0.29) is 5.91 Å². The number of carbonyl (C=O) groups excluding carboxylic acids is 1. The van der Waals surface area contributed by atoms with Crippen LogP contribution < -0.4 is 10.1 Å². The van der Waals surface area contributed by atoms with Crippen LogP contribution in [0.3, 0.4) is 0 Å². The van der Waals surface area contributed by atoms with Crippen LogP contribution in [-0.2, 0) is 9.59 Å². The van der Waals surface area contributed by atoms with E-state index in [2.05, 4.69) is 5.32 Å². The Labute approximate surface area is 93.0 Å². The Bertz CT molecular complexity index is 385. The summed E-state index contributed by atoms with van der Waals surface area (Å²) in [5.74, 6) is -0.734. The van der Waals surface area contributed by atoms with Crippen LogP contribution in [0, 0.1) is 0 Å². The van der Waals surface area contributed by atoms with E-state index in [0.29, 0.717) is 11.4 Å². The summed E-state index contributed by atoms with van der Waals surface area (Å²) < 4.78 is 5.12. The van der Waals surface area contributed by atoms with Crippen LogP contribution >= 0.6 is 0 Å². The summed E-state index contributed by atoms with van der Waals surface area (Å²) in [6.45, 7) is 2.86. The number of nitrogens with one attached hydrogen (secondary N) is 1. The average Bonchev–Trinajstić information content (AvgIpc) is 2.20. The first-order valence-electron chi connectivity index (χ1n) is 4.76. The fourth-order valence-electron chi connectivity index (χ4n) is 1.07. The minimum atomic E-state index is -1.02. The van der Waals surface area contributed by atoms with Crippen LogP contribution in [0.15, 0.2) is 24.3 Å². The van der Waals surface area contributed by atoms with Gasteiger partial charge in [0.05, 0.1) is 0 Å².